The second-order valence-corrected chi connectivity index (χ2v) is 4.78. The lowest BCUT2D eigenvalue weighted by atomic mass is 10.1. The first-order valence-electron chi connectivity index (χ1n) is 5.82. The zero-order valence-electron chi connectivity index (χ0n) is 9.77. The van der Waals surface area contributed by atoms with E-state index in [9.17, 15) is 4.79 Å². The summed E-state index contributed by atoms with van der Waals surface area (Å²) in [6.07, 6.45) is 0.978. The fraction of sp³-hybridized carbons (Fsp3) is 0.462. The second-order valence-electron chi connectivity index (χ2n) is 4.31. The molecule has 1 N–H and O–H groups in total. The van der Waals surface area contributed by atoms with E-state index in [4.69, 9.17) is 16.7 Å². The average molecular weight is 254 g/mol. The summed E-state index contributed by atoms with van der Waals surface area (Å²) in [6, 6.07) is 7.89. The fourth-order valence-corrected chi connectivity index (χ4v) is 2.34. The van der Waals surface area contributed by atoms with Gasteiger partial charge in [-0.15, -0.1) is 11.6 Å². The van der Waals surface area contributed by atoms with Gasteiger partial charge in [0.15, 0.2) is 0 Å². The van der Waals surface area contributed by atoms with Crippen molar-refractivity contribution in [2.75, 3.05) is 18.1 Å². The second kappa shape index (κ2) is 5.07. The highest BCUT2D eigenvalue weighted by molar-refractivity contribution is 6.34. The zero-order valence-corrected chi connectivity index (χ0v) is 10.5. The van der Waals surface area contributed by atoms with Crippen LogP contribution in [-0.4, -0.2) is 29.5 Å². The largest absolute Gasteiger partial charge is 0.396 e. The highest BCUT2D eigenvalue weighted by Crippen LogP contribution is 2.28. The minimum Gasteiger partial charge on any atom is -0.396 e. The number of alkyl halides is 1. The topological polar surface area (TPSA) is 40.5 Å². The van der Waals surface area contributed by atoms with Crippen LogP contribution in [0.25, 0.3) is 0 Å². The molecule has 2 atom stereocenters. The normalized spacial score (nSPS) is 24.4. The number of anilines is 1. The lowest BCUT2D eigenvalue weighted by Crippen LogP contribution is -2.27. The van der Waals surface area contributed by atoms with Crippen molar-refractivity contribution in [1.29, 1.82) is 0 Å². The lowest BCUT2D eigenvalue weighted by molar-refractivity contribution is -0.117. The summed E-state index contributed by atoms with van der Waals surface area (Å²) in [6.45, 7) is 2.53. The molecule has 92 valence electrons. The molecule has 1 aliphatic rings. The number of nitrogens with zero attached hydrogens (tertiary/aromatic N) is 1. The molecule has 1 fully saturated rings. The predicted octanol–water partition coefficient (Wildman–Crippen LogP) is 1.81. The Morgan fingerprint density at radius 1 is 1.41 bits per heavy atom. The van der Waals surface area contributed by atoms with Crippen molar-refractivity contribution in [3.05, 3.63) is 29.8 Å². The summed E-state index contributed by atoms with van der Waals surface area (Å²) in [5.74, 6) is -0.287. The van der Waals surface area contributed by atoms with Crippen LogP contribution < -0.4 is 4.90 Å². The maximum atomic E-state index is 11.9. The van der Waals surface area contributed by atoms with Crippen molar-refractivity contribution in [2.45, 2.75) is 18.7 Å². The van der Waals surface area contributed by atoms with Gasteiger partial charge in [-0.25, -0.2) is 0 Å². The Morgan fingerprint density at radius 2 is 2.06 bits per heavy atom. The molecule has 0 aromatic heterocycles. The molecule has 1 aliphatic heterocycles. The van der Waals surface area contributed by atoms with Gasteiger partial charge in [-0.3, -0.25) is 4.79 Å². The number of aliphatic hydroxyl groups excluding tert-OH is 1. The number of rotatable bonds is 3. The highest BCUT2D eigenvalue weighted by Gasteiger charge is 2.39. The van der Waals surface area contributed by atoms with Crippen molar-refractivity contribution in [1.82, 2.24) is 0 Å². The van der Waals surface area contributed by atoms with Crippen LogP contribution in [0.5, 0.6) is 0 Å². The Bertz CT molecular complexity index is 404. The van der Waals surface area contributed by atoms with Crippen molar-refractivity contribution in [3.63, 3.8) is 0 Å². The molecule has 0 radical (unpaired) electrons. The first-order valence-corrected chi connectivity index (χ1v) is 6.26. The van der Waals surface area contributed by atoms with Crippen LogP contribution in [0.4, 0.5) is 5.69 Å². The van der Waals surface area contributed by atoms with E-state index in [-0.39, 0.29) is 18.4 Å². The average Bonchev–Trinajstić information content (AvgIpc) is 2.66. The third-order valence-corrected chi connectivity index (χ3v) is 3.77. The molecule has 4 heteroatoms. The van der Waals surface area contributed by atoms with E-state index in [0.717, 1.165) is 12.1 Å². The summed E-state index contributed by atoms with van der Waals surface area (Å²) < 4.78 is 0. The third kappa shape index (κ3) is 2.31. The summed E-state index contributed by atoms with van der Waals surface area (Å²) in [5, 5.41) is 8.53. The number of carbonyl (C=O) groups excluding carboxylic acids is 1. The van der Waals surface area contributed by atoms with Crippen LogP contribution in [0.3, 0.4) is 0 Å². The molecule has 1 saturated heterocycles. The van der Waals surface area contributed by atoms with E-state index in [2.05, 4.69) is 6.92 Å². The van der Waals surface area contributed by atoms with Gasteiger partial charge in [0.25, 0.3) is 0 Å². The molecule has 17 heavy (non-hydrogen) atoms. The lowest BCUT2D eigenvalue weighted by Gasteiger charge is -2.16. The van der Waals surface area contributed by atoms with Gasteiger partial charge in [-0.05, 0) is 24.1 Å². The number of aryl methyl sites for hydroxylation is 1. The molecule has 0 spiro atoms. The van der Waals surface area contributed by atoms with E-state index in [0.29, 0.717) is 6.54 Å². The number of halogens is 1. The van der Waals surface area contributed by atoms with Crippen molar-refractivity contribution >= 4 is 23.2 Å². The maximum Gasteiger partial charge on any atom is 0.245 e. The summed E-state index contributed by atoms with van der Waals surface area (Å²) in [5.41, 5.74) is 2.09. The predicted molar refractivity (Wildman–Crippen MR) is 68.4 cm³/mol. The van der Waals surface area contributed by atoms with Crippen molar-refractivity contribution < 1.29 is 9.90 Å². The maximum absolute atomic E-state index is 11.9. The van der Waals surface area contributed by atoms with Crippen LogP contribution in [-0.2, 0) is 11.2 Å². The van der Waals surface area contributed by atoms with Crippen LogP contribution in [0.15, 0.2) is 24.3 Å². The van der Waals surface area contributed by atoms with Gasteiger partial charge in [0.1, 0.15) is 5.38 Å². The Kier molecular flexibility index (Phi) is 3.69. The Balaban J connectivity index is 2.20. The molecule has 0 aliphatic carbocycles. The molecule has 2 rings (SSSR count). The van der Waals surface area contributed by atoms with E-state index in [1.807, 2.05) is 24.3 Å². The van der Waals surface area contributed by atoms with E-state index < -0.39 is 5.38 Å². The number of benzene rings is 1. The van der Waals surface area contributed by atoms with Gasteiger partial charge in [-0.2, -0.15) is 0 Å². The smallest absolute Gasteiger partial charge is 0.245 e. The van der Waals surface area contributed by atoms with Crippen molar-refractivity contribution in [3.8, 4) is 0 Å². The monoisotopic (exact) mass is 253 g/mol. The third-order valence-electron chi connectivity index (χ3n) is 3.22. The Labute approximate surface area is 106 Å². The molecule has 1 amide bonds. The van der Waals surface area contributed by atoms with Gasteiger partial charge in [0.05, 0.1) is 0 Å². The molecule has 0 unspecified atom stereocenters. The number of carbonyl (C=O) groups is 1. The fourth-order valence-electron chi connectivity index (χ4n) is 2.06. The number of hydrogen-bond donors (Lipinski definition) is 1. The molecule has 1 aromatic carbocycles. The first-order chi connectivity index (χ1) is 8.17. The van der Waals surface area contributed by atoms with Gasteiger partial charge >= 0.3 is 0 Å². The van der Waals surface area contributed by atoms with E-state index in [1.54, 1.807) is 4.90 Å². The van der Waals surface area contributed by atoms with E-state index in [1.165, 1.54) is 5.56 Å². The Hall–Kier alpha value is -1.06. The SMILES string of the molecule is CCc1ccc(N2C[C@H](CO)[C@@H](Cl)C2=O)cc1. The van der Waals surface area contributed by atoms with Gasteiger partial charge in [0, 0.05) is 24.8 Å². The summed E-state index contributed by atoms with van der Waals surface area (Å²) in [4.78, 5) is 13.6. The quantitative estimate of drug-likeness (QED) is 0.835. The first kappa shape index (κ1) is 12.4. The number of aliphatic hydroxyl groups is 1. The van der Waals surface area contributed by atoms with E-state index >= 15 is 0 Å². The highest BCUT2D eigenvalue weighted by atomic mass is 35.5. The summed E-state index contributed by atoms with van der Waals surface area (Å²) >= 11 is 5.98. The van der Waals surface area contributed by atoms with Gasteiger partial charge in [0.2, 0.25) is 5.91 Å². The molecule has 0 bridgehead atoms. The molecule has 3 nitrogen and oxygen atoms in total. The van der Waals surface area contributed by atoms with Gasteiger partial charge < -0.3 is 10.0 Å². The van der Waals surface area contributed by atoms with Gasteiger partial charge in [-0.1, -0.05) is 19.1 Å². The number of hydrogen-bond acceptors (Lipinski definition) is 2. The minimum atomic E-state index is -0.606. The molecule has 1 heterocycles. The summed E-state index contributed by atoms with van der Waals surface area (Å²) in [7, 11) is 0. The molecule has 0 saturated carbocycles. The van der Waals surface area contributed by atoms with Crippen LogP contribution in [0.1, 0.15) is 12.5 Å². The standard InChI is InChI=1S/C13H16ClNO2/c1-2-9-3-5-11(6-4-9)15-7-10(8-16)12(14)13(15)17/h3-6,10,12,16H,2,7-8H2,1H3/t10-,12-/m1/s1. The van der Waals surface area contributed by atoms with Crippen molar-refractivity contribution in [2.24, 2.45) is 5.92 Å². The molecular weight excluding hydrogens is 238 g/mol. The zero-order chi connectivity index (χ0) is 12.4. The molecular formula is C13H16ClNO2. The Morgan fingerprint density at radius 3 is 2.53 bits per heavy atom. The van der Waals surface area contributed by atoms with Crippen LogP contribution in [0, 0.1) is 5.92 Å². The minimum absolute atomic E-state index is 0.0521. The van der Waals surface area contributed by atoms with Crippen LogP contribution in [0.2, 0.25) is 0 Å². The van der Waals surface area contributed by atoms with Crippen LogP contribution >= 0.6 is 11.6 Å². The molecule has 1 aromatic rings. The number of amides is 1.